The maximum atomic E-state index is 9.13. The van der Waals surface area contributed by atoms with Crippen LogP contribution in [0.5, 0.6) is 0 Å². The van der Waals surface area contributed by atoms with E-state index in [2.05, 4.69) is 29.4 Å². The maximum absolute atomic E-state index is 9.13. The molecule has 2 heterocycles. The molecular weight excluding hydrogens is 216 g/mol. The van der Waals surface area contributed by atoms with Gasteiger partial charge in [0.2, 0.25) is 0 Å². The highest BCUT2D eigenvalue weighted by Gasteiger charge is 2.21. The summed E-state index contributed by atoms with van der Waals surface area (Å²) in [6.07, 6.45) is 10.7. The van der Waals surface area contributed by atoms with E-state index in [1.165, 1.54) is 30.9 Å². The van der Waals surface area contributed by atoms with Gasteiger partial charge in [-0.25, -0.2) is 4.79 Å². The van der Waals surface area contributed by atoms with Gasteiger partial charge >= 0.3 is 5.97 Å². The summed E-state index contributed by atoms with van der Waals surface area (Å²) in [5.74, 6) is 0.227. The van der Waals surface area contributed by atoms with E-state index in [-0.39, 0.29) is 0 Å². The molecule has 1 N–H and O–H groups in total. The summed E-state index contributed by atoms with van der Waals surface area (Å²) in [6.45, 7) is 1.22. The zero-order chi connectivity index (χ0) is 12.7. The molecule has 0 bridgehead atoms. The van der Waals surface area contributed by atoms with Crippen molar-refractivity contribution < 1.29 is 9.90 Å². The Hall–Kier alpha value is -1.86. The van der Waals surface area contributed by atoms with Crippen molar-refractivity contribution in [2.24, 2.45) is 0 Å². The quantitative estimate of drug-likeness (QED) is 0.746. The molecule has 1 aromatic heterocycles. The highest BCUT2D eigenvalue weighted by molar-refractivity contribution is 5.85. The third kappa shape index (κ3) is 4.25. The molecule has 17 heavy (non-hydrogen) atoms. The fourth-order valence-electron chi connectivity index (χ4n) is 1.90. The van der Waals surface area contributed by atoms with Gasteiger partial charge in [-0.05, 0) is 38.1 Å². The molecule has 4 heteroatoms. The Bertz CT molecular complexity index is 398. The van der Waals surface area contributed by atoms with Crippen molar-refractivity contribution in [2.75, 3.05) is 13.6 Å². The van der Waals surface area contributed by atoms with Gasteiger partial charge in [-0.15, -0.1) is 6.42 Å². The van der Waals surface area contributed by atoms with Gasteiger partial charge in [0.15, 0.2) is 0 Å². The van der Waals surface area contributed by atoms with Crippen molar-refractivity contribution in [3.8, 4) is 12.3 Å². The predicted molar refractivity (Wildman–Crippen MR) is 65.3 cm³/mol. The standard InChI is InChI=1S/C10H14N2.C3H2O2/c1-12-7-3-5-10(12)9-4-2-6-11-8-9;1-2-3(4)5/h2,4,6,8,10H,3,5,7H2,1H3;1H,(H,4,5)/t10-;/m0./s1. The number of aromatic nitrogens is 1. The van der Waals surface area contributed by atoms with Crippen LogP contribution in [0.15, 0.2) is 24.5 Å². The number of pyridine rings is 1. The Labute approximate surface area is 101 Å². The van der Waals surface area contributed by atoms with Gasteiger partial charge in [0.1, 0.15) is 0 Å². The minimum atomic E-state index is -1.22. The van der Waals surface area contributed by atoms with E-state index in [1.54, 1.807) is 0 Å². The molecule has 2 rings (SSSR count). The van der Waals surface area contributed by atoms with Crippen LogP contribution in [0.1, 0.15) is 24.4 Å². The number of carbonyl (C=O) groups is 1. The smallest absolute Gasteiger partial charge is 0.381 e. The summed E-state index contributed by atoms with van der Waals surface area (Å²) in [4.78, 5) is 15.7. The third-order valence-corrected chi connectivity index (χ3v) is 2.71. The largest absolute Gasteiger partial charge is 0.472 e. The summed E-state index contributed by atoms with van der Waals surface area (Å²) in [5, 5.41) is 7.49. The van der Waals surface area contributed by atoms with Crippen LogP contribution in [0.4, 0.5) is 0 Å². The van der Waals surface area contributed by atoms with Gasteiger partial charge in [0, 0.05) is 24.4 Å². The van der Waals surface area contributed by atoms with Crippen LogP contribution in [0, 0.1) is 12.3 Å². The first-order valence-electron chi connectivity index (χ1n) is 5.45. The van der Waals surface area contributed by atoms with Crippen LogP contribution in [-0.4, -0.2) is 34.6 Å². The molecule has 0 amide bonds. The first-order chi connectivity index (χ1) is 8.15. The molecule has 0 saturated carbocycles. The van der Waals surface area contributed by atoms with Crippen LogP contribution in [0.2, 0.25) is 0 Å². The molecule has 1 aromatic rings. The van der Waals surface area contributed by atoms with Crippen LogP contribution < -0.4 is 0 Å². The van der Waals surface area contributed by atoms with E-state index in [0.717, 1.165) is 0 Å². The molecule has 0 aromatic carbocycles. The monoisotopic (exact) mass is 232 g/mol. The lowest BCUT2D eigenvalue weighted by molar-refractivity contribution is -0.130. The van der Waals surface area contributed by atoms with E-state index < -0.39 is 5.97 Å². The van der Waals surface area contributed by atoms with E-state index in [1.807, 2.05) is 18.5 Å². The number of hydrogen-bond acceptors (Lipinski definition) is 3. The normalized spacial score (nSPS) is 18.9. The Kier molecular flexibility index (Phi) is 5.18. The first kappa shape index (κ1) is 13.2. The fraction of sp³-hybridized carbons (Fsp3) is 0.385. The second-order valence-electron chi connectivity index (χ2n) is 3.87. The number of rotatable bonds is 1. The average Bonchev–Trinajstić information content (AvgIpc) is 2.77. The number of likely N-dealkylation sites (tertiary alicyclic amines) is 1. The van der Waals surface area contributed by atoms with Gasteiger partial charge in [-0.3, -0.25) is 9.88 Å². The molecule has 0 radical (unpaired) electrons. The number of terminal acetylenes is 1. The molecular formula is C13H16N2O2. The van der Waals surface area contributed by atoms with Crippen molar-refractivity contribution in [1.82, 2.24) is 9.88 Å². The molecule has 4 nitrogen and oxygen atoms in total. The van der Waals surface area contributed by atoms with Crippen LogP contribution >= 0.6 is 0 Å². The van der Waals surface area contributed by atoms with Crippen molar-refractivity contribution in [3.05, 3.63) is 30.1 Å². The molecule has 1 aliphatic rings. The zero-order valence-corrected chi connectivity index (χ0v) is 9.84. The van der Waals surface area contributed by atoms with Crippen LogP contribution in [-0.2, 0) is 4.79 Å². The van der Waals surface area contributed by atoms with Crippen LogP contribution in [0.3, 0.4) is 0 Å². The minimum absolute atomic E-state index is 0.610. The van der Waals surface area contributed by atoms with E-state index in [9.17, 15) is 0 Å². The van der Waals surface area contributed by atoms with Crippen LogP contribution in [0.25, 0.3) is 0 Å². The number of hydrogen-bond donors (Lipinski definition) is 1. The summed E-state index contributed by atoms with van der Waals surface area (Å²) >= 11 is 0. The average molecular weight is 232 g/mol. The van der Waals surface area contributed by atoms with E-state index in [0.29, 0.717) is 6.04 Å². The number of carboxylic acids is 1. The van der Waals surface area contributed by atoms with E-state index >= 15 is 0 Å². The van der Waals surface area contributed by atoms with Gasteiger partial charge in [0.25, 0.3) is 0 Å². The molecule has 1 atom stereocenters. The highest BCUT2D eigenvalue weighted by Crippen LogP contribution is 2.29. The summed E-state index contributed by atoms with van der Waals surface area (Å²) in [7, 11) is 2.19. The molecule has 1 aliphatic heterocycles. The number of nitrogens with zero attached hydrogens (tertiary/aromatic N) is 2. The lowest BCUT2D eigenvalue weighted by atomic mass is 10.1. The minimum Gasteiger partial charge on any atom is -0.472 e. The van der Waals surface area contributed by atoms with Crippen molar-refractivity contribution in [1.29, 1.82) is 0 Å². The molecule has 0 aliphatic carbocycles. The second-order valence-corrected chi connectivity index (χ2v) is 3.87. The predicted octanol–water partition coefficient (Wildman–Crippen LogP) is 1.55. The molecule has 0 spiro atoms. The van der Waals surface area contributed by atoms with Gasteiger partial charge < -0.3 is 5.11 Å². The van der Waals surface area contributed by atoms with Gasteiger partial charge in [-0.1, -0.05) is 6.07 Å². The zero-order valence-electron chi connectivity index (χ0n) is 9.84. The maximum Gasteiger partial charge on any atom is 0.381 e. The Balaban J connectivity index is 0.000000249. The summed E-state index contributed by atoms with van der Waals surface area (Å²) in [5.41, 5.74) is 1.36. The molecule has 90 valence electrons. The Morgan fingerprint density at radius 1 is 1.71 bits per heavy atom. The summed E-state index contributed by atoms with van der Waals surface area (Å²) < 4.78 is 0. The highest BCUT2D eigenvalue weighted by atomic mass is 16.4. The lowest BCUT2D eigenvalue weighted by Gasteiger charge is -2.18. The molecule has 1 fully saturated rings. The Morgan fingerprint density at radius 2 is 2.41 bits per heavy atom. The second kappa shape index (κ2) is 6.66. The van der Waals surface area contributed by atoms with Crippen molar-refractivity contribution >= 4 is 5.97 Å². The molecule has 0 unspecified atom stereocenters. The molecule has 1 saturated heterocycles. The summed E-state index contributed by atoms with van der Waals surface area (Å²) in [6, 6.07) is 4.79. The lowest BCUT2D eigenvalue weighted by Crippen LogP contribution is -2.17. The fourth-order valence-corrected chi connectivity index (χ4v) is 1.90. The SMILES string of the molecule is C#CC(=O)O.CN1CCC[C@H]1c1cccnc1. The van der Waals surface area contributed by atoms with E-state index in [4.69, 9.17) is 9.90 Å². The topological polar surface area (TPSA) is 53.4 Å². The van der Waals surface area contributed by atoms with Gasteiger partial charge in [-0.2, -0.15) is 0 Å². The number of carboxylic acid groups (broad SMARTS) is 1. The van der Waals surface area contributed by atoms with Crippen molar-refractivity contribution in [3.63, 3.8) is 0 Å². The van der Waals surface area contributed by atoms with Gasteiger partial charge in [0.05, 0.1) is 0 Å². The Morgan fingerprint density at radius 3 is 2.82 bits per heavy atom. The first-order valence-corrected chi connectivity index (χ1v) is 5.45. The number of aliphatic carboxylic acids is 1. The van der Waals surface area contributed by atoms with Crippen molar-refractivity contribution in [2.45, 2.75) is 18.9 Å². The third-order valence-electron chi connectivity index (χ3n) is 2.71.